The van der Waals surface area contributed by atoms with Gasteiger partial charge < -0.3 is 15.5 Å². The first-order chi connectivity index (χ1) is 11.1. The average molecular weight is 345 g/mol. The largest absolute Gasteiger partial charge is 0.416 e. The summed E-state index contributed by atoms with van der Waals surface area (Å²) in [6.07, 6.45) is -3.49. The Bertz CT molecular complexity index is 503. The lowest BCUT2D eigenvalue weighted by molar-refractivity contribution is -0.137. The Morgan fingerprint density at radius 1 is 1.17 bits per heavy atom. The third-order valence-corrected chi connectivity index (χ3v) is 3.41. The minimum Gasteiger partial charge on any atom is -0.334 e. The molecule has 7 heteroatoms. The van der Waals surface area contributed by atoms with Crippen LogP contribution in [-0.2, 0) is 12.7 Å². The maximum atomic E-state index is 12.5. The third kappa shape index (κ3) is 7.68. The van der Waals surface area contributed by atoms with E-state index in [1.807, 2.05) is 19.0 Å². The molecule has 1 aromatic carbocycles. The molecule has 0 bridgehead atoms. The van der Waals surface area contributed by atoms with Crippen molar-refractivity contribution in [3.8, 4) is 0 Å². The second-order valence-corrected chi connectivity index (χ2v) is 6.61. The summed E-state index contributed by atoms with van der Waals surface area (Å²) in [5, 5.41) is 5.60. The van der Waals surface area contributed by atoms with Crippen LogP contribution in [0, 0.1) is 5.92 Å². The molecule has 1 rings (SSSR count). The van der Waals surface area contributed by atoms with Crippen LogP contribution in [0.3, 0.4) is 0 Å². The quantitative estimate of drug-likeness (QED) is 0.795. The maximum Gasteiger partial charge on any atom is 0.416 e. The molecule has 24 heavy (non-hydrogen) atoms. The highest BCUT2D eigenvalue weighted by atomic mass is 19.4. The minimum absolute atomic E-state index is 0.0209. The Morgan fingerprint density at radius 2 is 1.75 bits per heavy atom. The standard InChI is InChI=1S/C17H26F3N3O/c1-12(2)9-15(11-23(3)4)22-16(24)21-10-13-5-7-14(8-6-13)17(18,19)20/h5-8,12,15H,9-11H2,1-4H3,(H2,21,22,24). The number of benzene rings is 1. The van der Waals surface area contributed by atoms with Crippen molar-refractivity contribution in [1.29, 1.82) is 0 Å². The maximum absolute atomic E-state index is 12.5. The Kier molecular flexibility index (Phi) is 7.54. The van der Waals surface area contributed by atoms with Gasteiger partial charge >= 0.3 is 12.2 Å². The molecule has 0 aliphatic heterocycles. The van der Waals surface area contributed by atoms with Gasteiger partial charge in [-0.3, -0.25) is 0 Å². The fourth-order valence-corrected chi connectivity index (χ4v) is 2.42. The third-order valence-electron chi connectivity index (χ3n) is 3.41. The lowest BCUT2D eigenvalue weighted by Crippen LogP contribution is -2.46. The summed E-state index contributed by atoms with van der Waals surface area (Å²) in [5.41, 5.74) is -0.0788. The highest BCUT2D eigenvalue weighted by molar-refractivity contribution is 5.74. The number of carbonyl (C=O) groups excluding carboxylic acids is 1. The van der Waals surface area contributed by atoms with Gasteiger partial charge in [0.25, 0.3) is 0 Å². The normalized spacial score (nSPS) is 13.2. The molecular weight excluding hydrogens is 319 g/mol. The Morgan fingerprint density at radius 3 is 2.21 bits per heavy atom. The van der Waals surface area contributed by atoms with Crippen LogP contribution in [0.5, 0.6) is 0 Å². The summed E-state index contributed by atoms with van der Waals surface area (Å²) in [5.74, 6) is 0.449. The van der Waals surface area contributed by atoms with Gasteiger partial charge in [0.2, 0.25) is 0 Å². The highest BCUT2D eigenvalue weighted by Gasteiger charge is 2.29. The van der Waals surface area contributed by atoms with Crippen LogP contribution in [0.4, 0.5) is 18.0 Å². The van der Waals surface area contributed by atoms with Crippen LogP contribution in [0.25, 0.3) is 0 Å². The van der Waals surface area contributed by atoms with E-state index in [-0.39, 0.29) is 18.6 Å². The molecule has 2 N–H and O–H groups in total. The number of rotatable bonds is 7. The lowest BCUT2D eigenvalue weighted by atomic mass is 10.0. The van der Waals surface area contributed by atoms with Crippen LogP contribution < -0.4 is 10.6 Å². The number of amides is 2. The number of halogens is 3. The minimum atomic E-state index is -4.35. The molecule has 0 aliphatic carbocycles. The van der Waals surface area contributed by atoms with Crippen molar-refractivity contribution in [1.82, 2.24) is 15.5 Å². The van der Waals surface area contributed by atoms with E-state index in [0.29, 0.717) is 11.5 Å². The van der Waals surface area contributed by atoms with Crippen molar-refractivity contribution >= 4 is 6.03 Å². The summed E-state index contributed by atoms with van der Waals surface area (Å²) < 4.78 is 37.5. The van der Waals surface area contributed by atoms with E-state index in [9.17, 15) is 18.0 Å². The molecule has 2 amide bonds. The van der Waals surface area contributed by atoms with E-state index in [2.05, 4.69) is 24.5 Å². The van der Waals surface area contributed by atoms with E-state index in [0.717, 1.165) is 25.1 Å². The first kappa shape index (κ1) is 20.3. The van der Waals surface area contributed by atoms with E-state index in [1.165, 1.54) is 12.1 Å². The van der Waals surface area contributed by atoms with Crippen molar-refractivity contribution in [2.45, 2.75) is 39.0 Å². The number of urea groups is 1. The van der Waals surface area contributed by atoms with Gasteiger partial charge in [-0.25, -0.2) is 4.79 Å². The zero-order chi connectivity index (χ0) is 18.3. The van der Waals surface area contributed by atoms with E-state index < -0.39 is 11.7 Å². The molecule has 136 valence electrons. The Balaban J connectivity index is 2.52. The Hall–Kier alpha value is -1.76. The molecule has 4 nitrogen and oxygen atoms in total. The fraction of sp³-hybridized carbons (Fsp3) is 0.588. The summed E-state index contributed by atoms with van der Waals surface area (Å²) in [6.45, 7) is 5.08. The van der Waals surface area contributed by atoms with Crippen LogP contribution in [0.2, 0.25) is 0 Å². The van der Waals surface area contributed by atoms with Crippen molar-refractivity contribution < 1.29 is 18.0 Å². The molecule has 0 spiro atoms. The van der Waals surface area contributed by atoms with Gasteiger partial charge in [-0.05, 0) is 44.1 Å². The van der Waals surface area contributed by atoms with Gasteiger partial charge in [-0.2, -0.15) is 13.2 Å². The van der Waals surface area contributed by atoms with Crippen molar-refractivity contribution in [2.24, 2.45) is 5.92 Å². The smallest absolute Gasteiger partial charge is 0.334 e. The number of nitrogens with zero attached hydrogens (tertiary/aromatic N) is 1. The SMILES string of the molecule is CC(C)CC(CN(C)C)NC(=O)NCc1ccc(C(F)(F)F)cc1. The first-order valence-corrected chi connectivity index (χ1v) is 7.93. The van der Waals surface area contributed by atoms with Crippen LogP contribution in [0.1, 0.15) is 31.4 Å². The van der Waals surface area contributed by atoms with Gasteiger partial charge in [0, 0.05) is 19.1 Å². The molecule has 0 radical (unpaired) electrons. The highest BCUT2D eigenvalue weighted by Crippen LogP contribution is 2.29. The topological polar surface area (TPSA) is 44.4 Å². The average Bonchev–Trinajstić information content (AvgIpc) is 2.43. The van der Waals surface area contributed by atoms with Gasteiger partial charge in [0.1, 0.15) is 0 Å². The van der Waals surface area contributed by atoms with Crippen LogP contribution >= 0.6 is 0 Å². The number of hydrogen-bond donors (Lipinski definition) is 2. The summed E-state index contributed by atoms with van der Waals surface area (Å²) in [4.78, 5) is 14.0. The van der Waals surface area contributed by atoms with Gasteiger partial charge in [0.15, 0.2) is 0 Å². The zero-order valence-electron chi connectivity index (χ0n) is 14.6. The number of nitrogens with one attached hydrogen (secondary N) is 2. The molecule has 0 aliphatic rings. The zero-order valence-corrected chi connectivity index (χ0v) is 14.6. The van der Waals surface area contributed by atoms with Gasteiger partial charge in [0.05, 0.1) is 5.56 Å². The molecule has 1 aromatic rings. The van der Waals surface area contributed by atoms with Crippen molar-refractivity contribution in [2.75, 3.05) is 20.6 Å². The second kappa shape index (κ2) is 8.92. The van der Waals surface area contributed by atoms with Gasteiger partial charge in [-0.1, -0.05) is 26.0 Å². The summed E-state index contributed by atoms with van der Waals surface area (Å²) in [7, 11) is 3.88. The van der Waals surface area contributed by atoms with E-state index in [4.69, 9.17) is 0 Å². The number of hydrogen-bond acceptors (Lipinski definition) is 2. The summed E-state index contributed by atoms with van der Waals surface area (Å²) in [6, 6.07) is 4.48. The molecular formula is C17H26F3N3O. The second-order valence-electron chi connectivity index (χ2n) is 6.61. The van der Waals surface area contributed by atoms with Crippen LogP contribution in [0.15, 0.2) is 24.3 Å². The lowest BCUT2D eigenvalue weighted by Gasteiger charge is -2.24. The molecule has 0 heterocycles. The van der Waals surface area contributed by atoms with Crippen LogP contribution in [-0.4, -0.2) is 37.6 Å². The van der Waals surface area contributed by atoms with E-state index in [1.54, 1.807) is 0 Å². The predicted octanol–water partition coefficient (Wildman–Crippen LogP) is 3.48. The molecule has 1 unspecified atom stereocenters. The molecule has 1 atom stereocenters. The number of alkyl halides is 3. The number of likely N-dealkylation sites (N-methyl/N-ethyl adjacent to an activating group) is 1. The first-order valence-electron chi connectivity index (χ1n) is 7.93. The van der Waals surface area contributed by atoms with Gasteiger partial charge in [-0.15, -0.1) is 0 Å². The van der Waals surface area contributed by atoms with Crippen molar-refractivity contribution in [3.63, 3.8) is 0 Å². The molecule has 0 fully saturated rings. The summed E-state index contributed by atoms with van der Waals surface area (Å²) >= 11 is 0. The monoisotopic (exact) mass is 345 g/mol. The number of carbonyl (C=O) groups is 1. The molecule has 0 saturated carbocycles. The molecule has 0 aromatic heterocycles. The molecule has 0 saturated heterocycles. The fourth-order valence-electron chi connectivity index (χ4n) is 2.42. The Labute approximate surface area is 141 Å². The predicted molar refractivity (Wildman–Crippen MR) is 88.6 cm³/mol. The van der Waals surface area contributed by atoms with Crippen molar-refractivity contribution in [3.05, 3.63) is 35.4 Å². The van der Waals surface area contributed by atoms with E-state index >= 15 is 0 Å².